The first-order valence-corrected chi connectivity index (χ1v) is 14.1. The molecule has 7 rings (SSSR count). The van der Waals surface area contributed by atoms with E-state index in [0.29, 0.717) is 11.3 Å². The molecule has 206 valence electrons. The maximum atomic E-state index is 11.5. The summed E-state index contributed by atoms with van der Waals surface area (Å²) >= 11 is 0. The summed E-state index contributed by atoms with van der Waals surface area (Å²) in [4.78, 5) is 13.4. The van der Waals surface area contributed by atoms with E-state index < -0.39 is 11.1 Å². The van der Waals surface area contributed by atoms with Crippen molar-refractivity contribution in [2.24, 2.45) is 0 Å². The van der Waals surface area contributed by atoms with Gasteiger partial charge in [-0.25, -0.2) is 0 Å². The number of non-ortho nitro benzene ring substituents is 1. The van der Waals surface area contributed by atoms with Crippen LogP contribution in [0.3, 0.4) is 0 Å². The lowest BCUT2D eigenvalue weighted by atomic mass is 9.72. The maximum absolute atomic E-state index is 11.5. The van der Waals surface area contributed by atoms with Crippen LogP contribution in [0.5, 0.6) is 5.75 Å². The molecular formula is C37H30N2O3. The molecule has 0 aliphatic carbocycles. The monoisotopic (exact) mass is 550 g/mol. The van der Waals surface area contributed by atoms with E-state index in [1.165, 1.54) is 11.6 Å². The summed E-state index contributed by atoms with van der Waals surface area (Å²) in [5.41, 5.74) is 8.53. The molecular weight excluding hydrogens is 520 g/mol. The zero-order valence-electron chi connectivity index (χ0n) is 23.7. The van der Waals surface area contributed by atoms with Crippen LogP contribution in [0.2, 0.25) is 0 Å². The second-order valence-corrected chi connectivity index (χ2v) is 11.5. The van der Waals surface area contributed by atoms with Crippen LogP contribution in [0.1, 0.15) is 25.0 Å². The SMILES string of the molecule is CN1c2c(-c3ccccc3)c(-c3ccccc3)cc(-c3ccccc3)c2C(C)(C)C12C=Cc1cc([N+](=O)[O-])ccc1O2. The Balaban J connectivity index is 1.55. The third kappa shape index (κ3) is 3.70. The highest BCUT2D eigenvalue weighted by atomic mass is 16.6. The zero-order chi connectivity index (χ0) is 29.1. The van der Waals surface area contributed by atoms with E-state index in [1.807, 2.05) is 24.3 Å². The summed E-state index contributed by atoms with van der Waals surface area (Å²) < 4.78 is 6.97. The Labute approximate surface area is 245 Å². The lowest BCUT2D eigenvalue weighted by molar-refractivity contribution is -0.384. The number of anilines is 1. The summed E-state index contributed by atoms with van der Waals surface area (Å²) in [6.45, 7) is 4.47. The highest BCUT2D eigenvalue weighted by Crippen LogP contribution is 2.61. The number of fused-ring (bicyclic) bond motifs is 2. The van der Waals surface area contributed by atoms with Crippen LogP contribution in [0.15, 0.2) is 121 Å². The maximum Gasteiger partial charge on any atom is 0.270 e. The van der Waals surface area contributed by atoms with Crippen molar-refractivity contribution >= 4 is 17.5 Å². The Hall–Kier alpha value is -5.16. The Bertz CT molecular complexity index is 1860. The highest BCUT2D eigenvalue weighted by molar-refractivity contribution is 6.01. The van der Waals surface area contributed by atoms with Crippen molar-refractivity contribution in [3.8, 4) is 39.1 Å². The van der Waals surface area contributed by atoms with Gasteiger partial charge in [-0.05, 0) is 71.5 Å². The van der Waals surface area contributed by atoms with Gasteiger partial charge in [-0.2, -0.15) is 0 Å². The first-order valence-electron chi connectivity index (χ1n) is 14.1. The fourth-order valence-electron chi connectivity index (χ4n) is 6.78. The van der Waals surface area contributed by atoms with Gasteiger partial charge in [0.25, 0.3) is 5.69 Å². The molecule has 0 amide bonds. The number of nitro groups is 1. The van der Waals surface area contributed by atoms with Crippen molar-refractivity contribution in [2.75, 3.05) is 11.9 Å². The lowest BCUT2D eigenvalue weighted by Crippen LogP contribution is -2.58. The summed E-state index contributed by atoms with van der Waals surface area (Å²) in [6.07, 6.45) is 4.04. The first kappa shape index (κ1) is 25.8. The Morgan fingerprint density at radius 3 is 1.90 bits per heavy atom. The number of hydrogen-bond donors (Lipinski definition) is 0. The van der Waals surface area contributed by atoms with E-state index in [1.54, 1.807) is 12.1 Å². The minimum atomic E-state index is -0.874. The molecule has 0 N–H and O–H groups in total. The van der Waals surface area contributed by atoms with E-state index in [0.717, 1.165) is 39.1 Å². The zero-order valence-corrected chi connectivity index (χ0v) is 23.7. The minimum absolute atomic E-state index is 0.0468. The average Bonchev–Trinajstić information content (AvgIpc) is 3.19. The predicted molar refractivity (Wildman–Crippen MR) is 170 cm³/mol. The average molecular weight is 551 g/mol. The summed E-state index contributed by atoms with van der Waals surface area (Å²) in [5, 5.41) is 11.5. The van der Waals surface area contributed by atoms with Gasteiger partial charge in [0, 0.05) is 30.3 Å². The van der Waals surface area contributed by atoms with Crippen LogP contribution >= 0.6 is 0 Å². The number of nitro benzene ring substituents is 1. The van der Waals surface area contributed by atoms with Crippen LogP contribution in [0, 0.1) is 10.1 Å². The molecule has 5 aromatic rings. The van der Waals surface area contributed by atoms with Gasteiger partial charge in [-0.15, -0.1) is 0 Å². The Morgan fingerprint density at radius 1 is 0.738 bits per heavy atom. The van der Waals surface area contributed by atoms with Gasteiger partial charge in [-0.1, -0.05) is 91.0 Å². The van der Waals surface area contributed by atoms with Crippen molar-refractivity contribution in [3.05, 3.63) is 143 Å². The number of likely N-dealkylation sites (N-methyl/N-ethyl adjacent to an activating group) is 1. The van der Waals surface area contributed by atoms with Gasteiger partial charge >= 0.3 is 0 Å². The number of hydrogen-bond acceptors (Lipinski definition) is 4. The van der Waals surface area contributed by atoms with Crippen LogP contribution in [-0.2, 0) is 5.41 Å². The van der Waals surface area contributed by atoms with Crippen LogP contribution in [-0.4, -0.2) is 17.7 Å². The minimum Gasteiger partial charge on any atom is -0.463 e. The van der Waals surface area contributed by atoms with E-state index in [-0.39, 0.29) is 10.6 Å². The Kier molecular flexibility index (Phi) is 5.80. The molecule has 1 atom stereocenters. The molecule has 2 aliphatic rings. The standard InChI is InChI=1S/C37H30N2O3/c1-36(2)34-31(26-15-9-5-10-16-26)24-30(25-13-7-4-8-14-25)33(27-17-11-6-12-18-27)35(34)38(3)37(36)22-21-28-23-29(39(40)41)19-20-32(28)42-37/h4-24H,1-3H3. The van der Waals surface area contributed by atoms with Crippen molar-refractivity contribution < 1.29 is 9.66 Å². The van der Waals surface area contributed by atoms with Gasteiger partial charge in [0.15, 0.2) is 0 Å². The second kappa shape index (κ2) is 9.45. The van der Waals surface area contributed by atoms with Gasteiger partial charge < -0.3 is 9.64 Å². The summed E-state index contributed by atoms with van der Waals surface area (Å²) in [5.74, 6) is 0.627. The molecule has 5 heteroatoms. The molecule has 42 heavy (non-hydrogen) atoms. The van der Waals surface area contributed by atoms with E-state index in [2.05, 4.69) is 111 Å². The molecule has 1 spiro atoms. The van der Waals surface area contributed by atoms with Gasteiger partial charge in [0.2, 0.25) is 5.72 Å². The third-order valence-corrected chi connectivity index (χ3v) is 8.85. The summed E-state index contributed by atoms with van der Waals surface area (Å²) in [7, 11) is 2.10. The molecule has 2 heterocycles. The quantitative estimate of drug-likeness (QED) is 0.165. The first-order chi connectivity index (χ1) is 20.3. The molecule has 0 bridgehead atoms. The highest BCUT2D eigenvalue weighted by Gasteiger charge is 2.59. The normalized spacial score (nSPS) is 17.9. The van der Waals surface area contributed by atoms with E-state index in [9.17, 15) is 10.1 Å². The second-order valence-electron chi connectivity index (χ2n) is 11.5. The van der Waals surface area contributed by atoms with Crippen molar-refractivity contribution in [1.82, 2.24) is 0 Å². The predicted octanol–water partition coefficient (Wildman–Crippen LogP) is 9.13. The number of nitrogens with zero attached hydrogens (tertiary/aromatic N) is 2. The van der Waals surface area contributed by atoms with Crippen molar-refractivity contribution in [2.45, 2.75) is 25.0 Å². The summed E-state index contributed by atoms with van der Waals surface area (Å²) in [6, 6.07) is 38.8. The van der Waals surface area contributed by atoms with Crippen LogP contribution in [0.25, 0.3) is 39.5 Å². The largest absolute Gasteiger partial charge is 0.463 e. The molecule has 5 nitrogen and oxygen atoms in total. The van der Waals surface area contributed by atoms with Gasteiger partial charge in [0.05, 0.1) is 16.0 Å². The molecule has 0 aromatic heterocycles. The molecule has 0 saturated carbocycles. The number of ether oxygens (including phenoxy) is 1. The number of rotatable bonds is 4. The topological polar surface area (TPSA) is 55.6 Å². The molecule has 0 radical (unpaired) electrons. The van der Waals surface area contributed by atoms with Crippen molar-refractivity contribution in [1.29, 1.82) is 0 Å². The molecule has 1 unspecified atom stereocenters. The Morgan fingerprint density at radius 2 is 1.31 bits per heavy atom. The van der Waals surface area contributed by atoms with Crippen molar-refractivity contribution in [3.63, 3.8) is 0 Å². The van der Waals surface area contributed by atoms with Gasteiger partial charge in [-0.3, -0.25) is 10.1 Å². The van der Waals surface area contributed by atoms with Gasteiger partial charge in [0.1, 0.15) is 5.75 Å². The third-order valence-electron chi connectivity index (χ3n) is 8.85. The lowest BCUT2D eigenvalue weighted by Gasteiger charge is -2.46. The van der Waals surface area contributed by atoms with E-state index in [4.69, 9.17) is 4.74 Å². The fraction of sp³-hybridized carbons (Fsp3) is 0.135. The van der Waals surface area contributed by atoms with E-state index >= 15 is 0 Å². The van der Waals surface area contributed by atoms with Crippen LogP contribution < -0.4 is 9.64 Å². The number of benzene rings is 5. The molecule has 2 aliphatic heterocycles. The fourth-order valence-corrected chi connectivity index (χ4v) is 6.78. The molecule has 5 aromatic carbocycles. The molecule has 0 fully saturated rings. The smallest absolute Gasteiger partial charge is 0.270 e. The van der Waals surface area contributed by atoms with Crippen LogP contribution in [0.4, 0.5) is 11.4 Å². The molecule has 0 saturated heterocycles.